The summed E-state index contributed by atoms with van der Waals surface area (Å²) in [6.45, 7) is 3.82. The van der Waals surface area contributed by atoms with Gasteiger partial charge in [-0.3, -0.25) is 5.32 Å². The molecule has 0 unspecified atom stereocenters. The second kappa shape index (κ2) is 7.25. The number of nitrogens with one attached hydrogen (secondary N) is 2. The van der Waals surface area contributed by atoms with Crippen LogP contribution in [0.4, 0.5) is 15.3 Å². The van der Waals surface area contributed by atoms with Crippen LogP contribution in [0.1, 0.15) is 12.5 Å². The fourth-order valence-electron chi connectivity index (χ4n) is 1.31. The summed E-state index contributed by atoms with van der Waals surface area (Å²) >= 11 is 0. The highest BCUT2D eigenvalue weighted by molar-refractivity contribution is 5.84. The molecule has 0 aliphatic heterocycles. The minimum Gasteiger partial charge on any atom is -0.453 e. The summed E-state index contributed by atoms with van der Waals surface area (Å²) in [6.07, 6.45) is -1.58. The largest absolute Gasteiger partial charge is 0.453 e. The maximum absolute atomic E-state index is 11.5. The fraction of sp³-hybridized carbons (Fsp3) is 0.385. The lowest BCUT2D eigenvalue weighted by molar-refractivity contribution is 0.115. The van der Waals surface area contributed by atoms with Gasteiger partial charge in [0.25, 0.3) is 0 Å². The van der Waals surface area contributed by atoms with Crippen LogP contribution in [0.3, 0.4) is 0 Å². The molecule has 0 fully saturated rings. The van der Waals surface area contributed by atoms with Gasteiger partial charge in [0, 0.05) is 5.69 Å². The van der Waals surface area contributed by atoms with Crippen LogP contribution in [0, 0.1) is 6.92 Å². The second-order valence-corrected chi connectivity index (χ2v) is 4.08. The summed E-state index contributed by atoms with van der Waals surface area (Å²) in [5.41, 5.74) is 1.76. The van der Waals surface area contributed by atoms with Gasteiger partial charge in [-0.25, -0.2) is 9.59 Å². The van der Waals surface area contributed by atoms with Crippen molar-refractivity contribution in [3.8, 4) is 0 Å². The van der Waals surface area contributed by atoms with E-state index in [0.29, 0.717) is 5.69 Å². The van der Waals surface area contributed by atoms with Gasteiger partial charge in [0.05, 0.1) is 13.7 Å². The minimum atomic E-state index is -0.567. The third-order valence-corrected chi connectivity index (χ3v) is 2.33. The molecule has 2 amide bonds. The van der Waals surface area contributed by atoms with Gasteiger partial charge in [0.15, 0.2) is 0 Å². The number of carbonyl (C=O) groups is 2. The average molecular weight is 266 g/mol. The van der Waals surface area contributed by atoms with Crippen molar-refractivity contribution in [3.05, 3.63) is 29.8 Å². The van der Waals surface area contributed by atoms with Crippen molar-refractivity contribution in [2.45, 2.75) is 20.0 Å². The molecular weight excluding hydrogens is 248 g/mol. The first-order valence-electron chi connectivity index (χ1n) is 5.87. The van der Waals surface area contributed by atoms with Crippen molar-refractivity contribution in [1.29, 1.82) is 0 Å². The number of hydrogen-bond donors (Lipinski definition) is 2. The predicted molar refractivity (Wildman–Crippen MR) is 71.2 cm³/mol. The van der Waals surface area contributed by atoms with E-state index in [2.05, 4.69) is 15.4 Å². The lowest BCUT2D eigenvalue weighted by Gasteiger charge is -2.14. The molecule has 0 aliphatic rings. The molecule has 104 valence electrons. The molecule has 19 heavy (non-hydrogen) atoms. The van der Waals surface area contributed by atoms with Crippen LogP contribution in [-0.2, 0) is 9.47 Å². The highest BCUT2D eigenvalue weighted by Crippen LogP contribution is 2.09. The van der Waals surface area contributed by atoms with Crippen molar-refractivity contribution >= 4 is 17.9 Å². The van der Waals surface area contributed by atoms with Gasteiger partial charge in [0.1, 0.15) is 6.10 Å². The lowest BCUT2D eigenvalue weighted by atomic mass is 10.2. The molecule has 2 N–H and O–H groups in total. The minimum absolute atomic E-state index is 0.188. The van der Waals surface area contributed by atoms with Crippen LogP contribution < -0.4 is 10.6 Å². The smallest absolute Gasteiger partial charge is 0.411 e. The molecule has 1 aromatic carbocycles. The summed E-state index contributed by atoms with van der Waals surface area (Å²) in [7, 11) is 1.27. The Morgan fingerprint density at radius 1 is 1.21 bits per heavy atom. The van der Waals surface area contributed by atoms with Gasteiger partial charge in [-0.2, -0.15) is 0 Å². The van der Waals surface area contributed by atoms with Crippen molar-refractivity contribution < 1.29 is 19.1 Å². The zero-order chi connectivity index (χ0) is 14.3. The number of anilines is 1. The molecule has 6 nitrogen and oxygen atoms in total. The molecule has 0 saturated heterocycles. The average Bonchev–Trinajstić information content (AvgIpc) is 2.38. The van der Waals surface area contributed by atoms with E-state index in [0.717, 1.165) is 5.56 Å². The lowest BCUT2D eigenvalue weighted by Crippen LogP contribution is -2.34. The summed E-state index contributed by atoms with van der Waals surface area (Å²) in [5, 5.41) is 5.04. The van der Waals surface area contributed by atoms with Crippen molar-refractivity contribution in [2.24, 2.45) is 0 Å². The Morgan fingerprint density at radius 3 is 2.42 bits per heavy atom. The van der Waals surface area contributed by atoms with Crippen LogP contribution in [0.15, 0.2) is 24.3 Å². The Bertz CT molecular complexity index is 431. The van der Waals surface area contributed by atoms with Gasteiger partial charge in [-0.15, -0.1) is 0 Å². The highest BCUT2D eigenvalue weighted by atomic mass is 16.6. The normalized spacial score (nSPS) is 11.3. The van der Waals surface area contributed by atoms with Gasteiger partial charge in [0.2, 0.25) is 0 Å². The van der Waals surface area contributed by atoms with E-state index in [9.17, 15) is 9.59 Å². The third kappa shape index (κ3) is 5.76. The number of carbonyl (C=O) groups excluding carboxylic acids is 2. The molecule has 6 heteroatoms. The van der Waals surface area contributed by atoms with Crippen LogP contribution >= 0.6 is 0 Å². The Hall–Kier alpha value is -2.24. The molecule has 0 spiro atoms. The molecule has 0 saturated carbocycles. The topological polar surface area (TPSA) is 76.7 Å². The van der Waals surface area contributed by atoms with Crippen molar-refractivity contribution in [3.63, 3.8) is 0 Å². The van der Waals surface area contributed by atoms with Crippen molar-refractivity contribution in [2.75, 3.05) is 19.0 Å². The molecule has 0 radical (unpaired) electrons. The quantitative estimate of drug-likeness (QED) is 0.876. The van der Waals surface area contributed by atoms with Crippen LogP contribution in [0.5, 0.6) is 0 Å². The Balaban J connectivity index is 2.34. The van der Waals surface area contributed by atoms with Gasteiger partial charge >= 0.3 is 12.2 Å². The predicted octanol–water partition coefficient (Wildman–Crippen LogP) is 2.29. The summed E-state index contributed by atoms with van der Waals surface area (Å²) in [4.78, 5) is 22.4. The van der Waals surface area contributed by atoms with Crippen LogP contribution in [0.2, 0.25) is 0 Å². The Labute approximate surface area is 112 Å². The number of rotatable bonds is 4. The molecule has 0 aliphatic carbocycles. The van der Waals surface area contributed by atoms with Gasteiger partial charge in [-0.05, 0) is 26.0 Å². The zero-order valence-electron chi connectivity index (χ0n) is 11.2. The van der Waals surface area contributed by atoms with Crippen LogP contribution in [-0.4, -0.2) is 31.9 Å². The van der Waals surface area contributed by atoms with E-state index in [1.54, 1.807) is 19.1 Å². The number of alkyl carbamates (subject to hydrolysis) is 1. The number of aryl methyl sites for hydroxylation is 1. The summed E-state index contributed by atoms with van der Waals surface area (Å²) < 4.78 is 9.47. The number of benzene rings is 1. The first kappa shape index (κ1) is 14.8. The highest BCUT2D eigenvalue weighted by Gasteiger charge is 2.10. The standard InChI is InChI=1S/C13H18N2O4/c1-9-4-6-11(7-5-9)15-13(17)19-10(2)8-14-12(16)18-3/h4-7,10H,8H2,1-3H3,(H,14,16)(H,15,17)/t10-/m1/s1. The third-order valence-electron chi connectivity index (χ3n) is 2.33. The van der Waals surface area contributed by atoms with E-state index in [1.807, 2.05) is 19.1 Å². The molecule has 1 rings (SSSR count). The summed E-state index contributed by atoms with van der Waals surface area (Å²) in [6, 6.07) is 7.34. The SMILES string of the molecule is COC(=O)NC[C@@H](C)OC(=O)Nc1ccc(C)cc1. The van der Waals surface area contributed by atoms with Gasteiger partial charge < -0.3 is 14.8 Å². The van der Waals surface area contributed by atoms with Crippen molar-refractivity contribution in [1.82, 2.24) is 5.32 Å². The van der Waals surface area contributed by atoms with Crippen LogP contribution in [0.25, 0.3) is 0 Å². The first-order chi connectivity index (χ1) is 9.01. The first-order valence-corrected chi connectivity index (χ1v) is 5.87. The van der Waals surface area contributed by atoms with E-state index >= 15 is 0 Å². The van der Waals surface area contributed by atoms with E-state index in [4.69, 9.17) is 4.74 Å². The van der Waals surface area contributed by atoms with E-state index in [-0.39, 0.29) is 6.54 Å². The zero-order valence-corrected chi connectivity index (χ0v) is 11.2. The molecule has 1 aromatic rings. The monoisotopic (exact) mass is 266 g/mol. The second-order valence-electron chi connectivity index (χ2n) is 4.08. The maximum atomic E-state index is 11.5. The molecule has 0 bridgehead atoms. The number of methoxy groups -OCH3 is 1. The number of hydrogen-bond acceptors (Lipinski definition) is 4. The van der Waals surface area contributed by atoms with Gasteiger partial charge in [-0.1, -0.05) is 17.7 Å². The molecule has 1 atom stereocenters. The maximum Gasteiger partial charge on any atom is 0.411 e. The molecule has 0 heterocycles. The molecule has 0 aromatic heterocycles. The summed E-state index contributed by atoms with van der Waals surface area (Å²) in [5.74, 6) is 0. The van der Waals surface area contributed by atoms with E-state index in [1.165, 1.54) is 7.11 Å². The number of amides is 2. The Kier molecular flexibility index (Phi) is 5.66. The van der Waals surface area contributed by atoms with E-state index < -0.39 is 18.3 Å². The fourth-order valence-corrected chi connectivity index (χ4v) is 1.31. The Morgan fingerprint density at radius 2 is 1.84 bits per heavy atom. The molecular formula is C13H18N2O4. The number of ether oxygens (including phenoxy) is 2.